The largest absolute Gasteiger partial charge is 0.405 e. The van der Waals surface area contributed by atoms with E-state index in [0.29, 0.717) is 12.8 Å². The molecule has 1 aliphatic heterocycles. The SMILES string of the molecule is O=C(CN1C(=O)NC(=O)C12CCCCC2)NCC(F)(F)F. The Morgan fingerprint density at radius 2 is 1.86 bits per heavy atom. The first-order valence-electron chi connectivity index (χ1n) is 6.71. The third kappa shape index (κ3) is 3.27. The van der Waals surface area contributed by atoms with Crippen LogP contribution in [0, 0.1) is 0 Å². The lowest BCUT2D eigenvalue weighted by atomic mass is 9.80. The highest BCUT2D eigenvalue weighted by Gasteiger charge is 2.53. The minimum atomic E-state index is -4.51. The van der Waals surface area contributed by atoms with Crippen molar-refractivity contribution in [3.05, 3.63) is 0 Å². The number of urea groups is 1. The number of nitrogens with one attached hydrogen (secondary N) is 2. The van der Waals surface area contributed by atoms with Crippen LogP contribution in [-0.4, -0.2) is 47.6 Å². The average molecular weight is 307 g/mol. The summed E-state index contributed by atoms with van der Waals surface area (Å²) in [6, 6.07) is -0.718. The van der Waals surface area contributed by atoms with Gasteiger partial charge in [-0.25, -0.2) is 4.79 Å². The molecule has 1 heterocycles. The minimum Gasteiger partial charge on any atom is -0.345 e. The Morgan fingerprint density at radius 1 is 1.24 bits per heavy atom. The van der Waals surface area contributed by atoms with Gasteiger partial charge < -0.3 is 10.2 Å². The van der Waals surface area contributed by atoms with Crippen LogP contribution < -0.4 is 10.6 Å². The summed E-state index contributed by atoms with van der Waals surface area (Å²) in [6.45, 7) is -2.00. The number of halogens is 3. The molecular weight excluding hydrogens is 291 g/mol. The van der Waals surface area contributed by atoms with Crippen molar-refractivity contribution in [2.24, 2.45) is 0 Å². The maximum absolute atomic E-state index is 12.1. The van der Waals surface area contributed by atoms with E-state index in [1.165, 1.54) is 0 Å². The molecule has 0 aromatic heterocycles. The Bertz CT molecular complexity index is 458. The van der Waals surface area contributed by atoms with Crippen LogP contribution in [0.5, 0.6) is 0 Å². The zero-order valence-electron chi connectivity index (χ0n) is 11.3. The van der Waals surface area contributed by atoms with Gasteiger partial charge in [0.25, 0.3) is 5.91 Å². The van der Waals surface area contributed by atoms with E-state index in [9.17, 15) is 27.6 Å². The molecule has 1 saturated carbocycles. The number of alkyl halides is 3. The number of carbonyl (C=O) groups excluding carboxylic acids is 3. The Kier molecular flexibility index (Phi) is 4.11. The topological polar surface area (TPSA) is 78.5 Å². The van der Waals surface area contributed by atoms with Gasteiger partial charge >= 0.3 is 12.2 Å². The molecular formula is C12H16F3N3O3. The fraction of sp³-hybridized carbons (Fsp3) is 0.750. The molecule has 0 bridgehead atoms. The Balaban J connectivity index is 2.04. The van der Waals surface area contributed by atoms with Crippen LogP contribution >= 0.6 is 0 Å². The molecule has 1 saturated heterocycles. The molecule has 2 aliphatic rings. The third-order valence-corrected chi connectivity index (χ3v) is 3.87. The van der Waals surface area contributed by atoms with Crippen molar-refractivity contribution in [3.63, 3.8) is 0 Å². The normalized spacial score (nSPS) is 21.6. The summed E-state index contributed by atoms with van der Waals surface area (Å²) >= 11 is 0. The first-order valence-corrected chi connectivity index (χ1v) is 6.71. The summed E-state index contributed by atoms with van der Waals surface area (Å²) in [6.07, 6.45) is -1.25. The van der Waals surface area contributed by atoms with Gasteiger partial charge in [-0.15, -0.1) is 0 Å². The van der Waals surface area contributed by atoms with Crippen molar-refractivity contribution in [1.29, 1.82) is 0 Å². The molecule has 2 N–H and O–H groups in total. The van der Waals surface area contributed by atoms with E-state index >= 15 is 0 Å². The Hall–Kier alpha value is -1.80. The van der Waals surface area contributed by atoms with E-state index < -0.39 is 42.7 Å². The minimum absolute atomic E-state index is 0.428. The van der Waals surface area contributed by atoms with Crippen molar-refractivity contribution in [3.8, 4) is 0 Å². The van der Waals surface area contributed by atoms with Crippen molar-refractivity contribution < 1.29 is 27.6 Å². The Labute approximate surface area is 119 Å². The molecule has 1 aliphatic carbocycles. The van der Waals surface area contributed by atoms with Gasteiger partial charge in [0.2, 0.25) is 5.91 Å². The second kappa shape index (κ2) is 5.53. The number of imide groups is 1. The van der Waals surface area contributed by atoms with Crippen LogP contribution in [0.25, 0.3) is 0 Å². The summed E-state index contributed by atoms with van der Waals surface area (Å²) in [5.74, 6) is -1.39. The summed E-state index contributed by atoms with van der Waals surface area (Å²) in [4.78, 5) is 36.4. The molecule has 0 aromatic carbocycles. The summed E-state index contributed by atoms with van der Waals surface area (Å²) in [5.41, 5.74) is -1.08. The van der Waals surface area contributed by atoms with Crippen molar-refractivity contribution in [2.45, 2.75) is 43.8 Å². The van der Waals surface area contributed by atoms with E-state index in [-0.39, 0.29) is 0 Å². The van der Waals surface area contributed by atoms with Crippen LogP contribution in [0.1, 0.15) is 32.1 Å². The lowest BCUT2D eigenvalue weighted by Gasteiger charge is -2.37. The molecule has 118 valence electrons. The number of rotatable bonds is 3. The number of amides is 4. The molecule has 2 rings (SSSR count). The number of hydrogen-bond acceptors (Lipinski definition) is 3. The number of carbonyl (C=O) groups is 3. The molecule has 0 aromatic rings. The van der Waals surface area contributed by atoms with Gasteiger partial charge in [-0.3, -0.25) is 14.9 Å². The monoisotopic (exact) mass is 307 g/mol. The molecule has 2 fully saturated rings. The highest BCUT2D eigenvalue weighted by atomic mass is 19.4. The van der Waals surface area contributed by atoms with E-state index in [0.717, 1.165) is 24.2 Å². The number of hydrogen-bond donors (Lipinski definition) is 2. The average Bonchev–Trinajstić information content (AvgIpc) is 2.61. The molecule has 21 heavy (non-hydrogen) atoms. The van der Waals surface area contributed by atoms with Crippen molar-refractivity contribution in [2.75, 3.05) is 13.1 Å². The van der Waals surface area contributed by atoms with Crippen LogP contribution in [-0.2, 0) is 9.59 Å². The van der Waals surface area contributed by atoms with E-state index in [2.05, 4.69) is 5.32 Å². The molecule has 4 amide bonds. The second-order valence-electron chi connectivity index (χ2n) is 5.33. The van der Waals surface area contributed by atoms with Crippen LogP contribution in [0.3, 0.4) is 0 Å². The predicted octanol–water partition coefficient (Wildman–Crippen LogP) is 0.920. The first kappa shape index (κ1) is 15.6. The van der Waals surface area contributed by atoms with E-state index in [4.69, 9.17) is 0 Å². The van der Waals surface area contributed by atoms with Gasteiger partial charge in [0.15, 0.2) is 0 Å². The van der Waals surface area contributed by atoms with E-state index in [1.807, 2.05) is 0 Å². The highest BCUT2D eigenvalue weighted by molar-refractivity contribution is 6.08. The number of nitrogens with zero attached hydrogens (tertiary/aromatic N) is 1. The summed E-state index contributed by atoms with van der Waals surface area (Å²) in [7, 11) is 0. The zero-order valence-corrected chi connectivity index (χ0v) is 11.3. The third-order valence-electron chi connectivity index (χ3n) is 3.87. The molecule has 0 radical (unpaired) electrons. The van der Waals surface area contributed by atoms with Gasteiger partial charge in [-0.1, -0.05) is 19.3 Å². The predicted molar refractivity (Wildman–Crippen MR) is 65.1 cm³/mol. The quantitative estimate of drug-likeness (QED) is 0.761. The van der Waals surface area contributed by atoms with Gasteiger partial charge in [0.1, 0.15) is 18.6 Å². The van der Waals surface area contributed by atoms with Gasteiger partial charge in [-0.05, 0) is 12.8 Å². The van der Waals surface area contributed by atoms with Crippen molar-refractivity contribution in [1.82, 2.24) is 15.5 Å². The van der Waals surface area contributed by atoms with Crippen LogP contribution in [0.4, 0.5) is 18.0 Å². The lowest BCUT2D eigenvalue weighted by Crippen LogP contribution is -2.54. The molecule has 0 unspecified atom stereocenters. The van der Waals surface area contributed by atoms with Crippen LogP contribution in [0.15, 0.2) is 0 Å². The summed E-state index contributed by atoms with van der Waals surface area (Å²) in [5, 5.41) is 3.86. The highest BCUT2D eigenvalue weighted by Crippen LogP contribution is 2.36. The first-order chi connectivity index (χ1) is 9.74. The molecule has 1 spiro atoms. The maximum atomic E-state index is 12.1. The summed E-state index contributed by atoms with van der Waals surface area (Å²) < 4.78 is 36.2. The fourth-order valence-electron chi connectivity index (χ4n) is 2.85. The lowest BCUT2D eigenvalue weighted by molar-refractivity contribution is -0.140. The van der Waals surface area contributed by atoms with Gasteiger partial charge in [-0.2, -0.15) is 13.2 Å². The zero-order chi connectivity index (χ0) is 15.7. The molecule has 0 atom stereocenters. The standard InChI is InChI=1S/C12H16F3N3O3/c13-12(14,15)7-16-8(19)6-18-10(21)17-9(20)11(18)4-2-1-3-5-11/h1-7H2,(H,16,19)(H,17,20,21). The van der Waals surface area contributed by atoms with Crippen LogP contribution in [0.2, 0.25) is 0 Å². The Morgan fingerprint density at radius 3 is 2.43 bits per heavy atom. The fourth-order valence-corrected chi connectivity index (χ4v) is 2.85. The maximum Gasteiger partial charge on any atom is 0.405 e. The smallest absolute Gasteiger partial charge is 0.345 e. The molecule has 6 nitrogen and oxygen atoms in total. The van der Waals surface area contributed by atoms with Gasteiger partial charge in [0.05, 0.1) is 0 Å². The second-order valence-corrected chi connectivity index (χ2v) is 5.33. The van der Waals surface area contributed by atoms with Gasteiger partial charge in [0, 0.05) is 0 Å². The van der Waals surface area contributed by atoms with E-state index in [1.54, 1.807) is 5.32 Å². The molecule has 9 heteroatoms. The van der Waals surface area contributed by atoms with Crippen molar-refractivity contribution >= 4 is 17.8 Å².